The van der Waals surface area contributed by atoms with E-state index in [2.05, 4.69) is 15.5 Å². The quantitative estimate of drug-likeness (QED) is 0.843. The number of benzene rings is 1. The number of nitrogens with zero attached hydrogens (tertiary/aromatic N) is 2. The largest absolute Gasteiger partial charge is 0.497 e. The summed E-state index contributed by atoms with van der Waals surface area (Å²) >= 11 is 0. The molecule has 1 fully saturated rings. The highest BCUT2D eigenvalue weighted by atomic mass is 16.5. The summed E-state index contributed by atoms with van der Waals surface area (Å²) in [4.78, 5) is 0. The number of aromatic nitrogens is 2. The Morgan fingerprint density at radius 2 is 2.19 bits per heavy atom. The van der Waals surface area contributed by atoms with Crippen LogP contribution in [0.5, 0.6) is 11.5 Å². The fourth-order valence-corrected chi connectivity index (χ4v) is 2.02. The molecule has 1 aliphatic carbocycles. The van der Waals surface area contributed by atoms with Gasteiger partial charge in [0.2, 0.25) is 5.89 Å². The van der Waals surface area contributed by atoms with Gasteiger partial charge in [-0.2, -0.15) is 0 Å². The van der Waals surface area contributed by atoms with E-state index in [1.807, 2.05) is 18.2 Å². The summed E-state index contributed by atoms with van der Waals surface area (Å²) in [5.74, 6) is 2.55. The molecule has 112 valence electrons. The second kappa shape index (κ2) is 6.13. The molecule has 0 radical (unpaired) electrons. The average Bonchev–Trinajstić information content (AvgIpc) is 3.24. The predicted molar refractivity (Wildman–Crippen MR) is 76.2 cm³/mol. The van der Waals surface area contributed by atoms with Crippen LogP contribution in [0.4, 0.5) is 0 Å². The minimum absolute atomic E-state index is 0.254. The van der Waals surface area contributed by atoms with Crippen molar-refractivity contribution in [2.75, 3.05) is 7.11 Å². The molecule has 21 heavy (non-hydrogen) atoms. The Morgan fingerprint density at radius 1 is 1.33 bits per heavy atom. The molecule has 0 atom stereocenters. The molecule has 0 bridgehead atoms. The Bertz CT molecular complexity index is 608. The van der Waals surface area contributed by atoms with Crippen molar-refractivity contribution in [3.8, 4) is 11.5 Å². The number of rotatable bonds is 7. The SMILES string of the molecule is COc1ccc(CNC2CC2)c(OCc2nnc(C)o2)c1. The van der Waals surface area contributed by atoms with Crippen molar-refractivity contribution in [1.82, 2.24) is 15.5 Å². The van der Waals surface area contributed by atoms with Gasteiger partial charge in [0.1, 0.15) is 11.5 Å². The van der Waals surface area contributed by atoms with Gasteiger partial charge < -0.3 is 19.2 Å². The first-order chi connectivity index (χ1) is 10.2. The van der Waals surface area contributed by atoms with Crippen LogP contribution in [0.2, 0.25) is 0 Å². The van der Waals surface area contributed by atoms with Crippen molar-refractivity contribution in [1.29, 1.82) is 0 Å². The van der Waals surface area contributed by atoms with Gasteiger partial charge in [0.25, 0.3) is 5.89 Å². The zero-order valence-electron chi connectivity index (χ0n) is 12.3. The molecule has 0 unspecified atom stereocenters. The molecule has 0 spiro atoms. The average molecular weight is 289 g/mol. The highest BCUT2D eigenvalue weighted by Gasteiger charge is 2.20. The Balaban J connectivity index is 1.69. The maximum atomic E-state index is 5.82. The van der Waals surface area contributed by atoms with Crippen LogP contribution in [-0.2, 0) is 13.2 Å². The standard InChI is InChI=1S/C15H19N3O3/c1-10-17-18-15(21-10)9-20-14-7-13(19-2)6-3-11(14)8-16-12-4-5-12/h3,6-7,12,16H,4-5,8-9H2,1-2H3. The zero-order chi connectivity index (χ0) is 14.7. The third kappa shape index (κ3) is 3.72. The van der Waals surface area contributed by atoms with Gasteiger partial charge in [-0.05, 0) is 18.9 Å². The van der Waals surface area contributed by atoms with Crippen LogP contribution >= 0.6 is 0 Å². The van der Waals surface area contributed by atoms with E-state index in [1.54, 1.807) is 14.0 Å². The van der Waals surface area contributed by atoms with Crippen LogP contribution in [0.3, 0.4) is 0 Å². The maximum absolute atomic E-state index is 5.82. The second-order valence-electron chi connectivity index (χ2n) is 5.13. The van der Waals surface area contributed by atoms with Crippen molar-refractivity contribution >= 4 is 0 Å². The van der Waals surface area contributed by atoms with E-state index in [0.717, 1.165) is 23.6 Å². The summed E-state index contributed by atoms with van der Waals surface area (Å²) in [6, 6.07) is 6.49. The van der Waals surface area contributed by atoms with Crippen molar-refractivity contribution in [3.63, 3.8) is 0 Å². The molecule has 1 aliphatic rings. The number of methoxy groups -OCH3 is 1. The zero-order valence-corrected chi connectivity index (χ0v) is 12.3. The van der Waals surface area contributed by atoms with Crippen LogP contribution in [0.15, 0.2) is 22.6 Å². The number of hydrogen-bond donors (Lipinski definition) is 1. The lowest BCUT2D eigenvalue weighted by Gasteiger charge is -2.12. The lowest BCUT2D eigenvalue weighted by molar-refractivity contribution is 0.256. The Labute approximate surface area is 123 Å². The maximum Gasteiger partial charge on any atom is 0.253 e. The van der Waals surface area contributed by atoms with Crippen molar-refractivity contribution < 1.29 is 13.9 Å². The summed E-state index contributed by atoms with van der Waals surface area (Å²) in [7, 11) is 1.64. The molecule has 1 aromatic carbocycles. The smallest absolute Gasteiger partial charge is 0.253 e. The van der Waals surface area contributed by atoms with Crippen molar-refractivity contribution in [2.45, 2.75) is 39.0 Å². The molecule has 3 rings (SSSR count). The molecular formula is C15H19N3O3. The summed E-state index contributed by atoms with van der Waals surface area (Å²) in [5, 5.41) is 11.2. The molecule has 6 heteroatoms. The first-order valence-electron chi connectivity index (χ1n) is 7.06. The van der Waals surface area contributed by atoms with Gasteiger partial charge >= 0.3 is 0 Å². The minimum atomic E-state index is 0.254. The summed E-state index contributed by atoms with van der Waals surface area (Å²) in [6.45, 7) is 2.80. The Kier molecular flexibility index (Phi) is 4.06. The lowest BCUT2D eigenvalue weighted by Crippen LogP contribution is -2.16. The fourth-order valence-electron chi connectivity index (χ4n) is 2.02. The number of hydrogen-bond acceptors (Lipinski definition) is 6. The summed E-state index contributed by atoms with van der Waals surface area (Å²) in [6.07, 6.45) is 2.52. The topological polar surface area (TPSA) is 69.4 Å². The molecule has 6 nitrogen and oxygen atoms in total. The van der Waals surface area contributed by atoms with Crippen LogP contribution in [0.25, 0.3) is 0 Å². The predicted octanol–water partition coefficient (Wildman–Crippen LogP) is 2.22. The van der Waals surface area contributed by atoms with E-state index in [-0.39, 0.29) is 6.61 Å². The highest BCUT2D eigenvalue weighted by Crippen LogP contribution is 2.27. The molecule has 1 saturated carbocycles. The Morgan fingerprint density at radius 3 is 2.86 bits per heavy atom. The monoisotopic (exact) mass is 289 g/mol. The van der Waals surface area contributed by atoms with Gasteiger partial charge in [0.05, 0.1) is 7.11 Å². The van der Waals surface area contributed by atoms with Crippen LogP contribution in [0, 0.1) is 6.92 Å². The van der Waals surface area contributed by atoms with E-state index in [4.69, 9.17) is 13.9 Å². The molecule has 1 heterocycles. The molecule has 0 saturated heterocycles. The van der Waals surface area contributed by atoms with Crippen molar-refractivity contribution in [2.24, 2.45) is 0 Å². The molecule has 0 amide bonds. The van der Waals surface area contributed by atoms with Crippen LogP contribution in [-0.4, -0.2) is 23.3 Å². The third-order valence-electron chi connectivity index (χ3n) is 3.35. The second-order valence-corrected chi connectivity index (χ2v) is 5.13. The van der Waals surface area contributed by atoms with Gasteiger partial charge in [-0.1, -0.05) is 6.07 Å². The van der Waals surface area contributed by atoms with E-state index in [1.165, 1.54) is 12.8 Å². The molecule has 2 aromatic rings. The summed E-state index contributed by atoms with van der Waals surface area (Å²) in [5.41, 5.74) is 1.10. The molecule has 0 aliphatic heterocycles. The lowest BCUT2D eigenvalue weighted by atomic mass is 10.2. The first-order valence-corrected chi connectivity index (χ1v) is 7.06. The van der Waals surface area contributed by atoms with Crippen LogP contribution < -0.4 is 14.8 Å². The number of nitrogens with one attached hydrogen (secondary N) is 1. The normalized spacial score (nSPS) is 14.2. The number of ether oxygens (including phenoxy) is 2. The van der Waals surface area contributed by atoms with E-state index in [9.17, 15) is 0 Å². The van der Waals surface area contributed by atoms with E-state index in [0.29, 0.717) is 17.8 Å². The Hall–Kier alpha value is -2.08. The molecular weight excluding hydrogens is 270 g/mol. The van der Waals surface area contributed by atoms with Gasteiger partial charge in [0.15, 0.2) is 6.61 Å². The van der Waals surface area contributed by atoms with E-state index >= 15 is 0 Å². The van der Waals surface area contributed by atoms with Crippen LogP contribution in [0.1, 0.15) is 30.2 Å². The minimum Gasteiger partial charge on any atom is -0.497 e. The number of aryl methyl sites for hydroxylation is 1. The summed E-state index contributed by atoms with van der Waals surface area (Å²) < 4.78 is 16.4. The first kappa shape index (κ1) is 13.9. The molecule has 1 N–H and O–H groups in total. The van der Waals surface area contributed by atoms with Gasteiger partial charge in [-0.3, -0.25) is 0 Å². The third-order valence-corrected chi connectivity index (χ3v) is 3.35. The van der Waals surface area contributed by atoms with Gasteiger partial charge in [-0.15, -0.1) is 10.2 Å². The highest BCUT2D eigenvalue weighted by molar-refractivity contribution is 5.40. The van der Waals surface area contributed by atoms with Gasteiger partial charge in [0, 0.05) is 31.1 Å². The fraction of sp³-hybridized carbons (Fsp3) is 0.467. The van der Waals surface area contributed by atoms with Crippen molar-refractivity contribution in [3.05, 3.63) is 35.5 Å². The molecule has 1 aromatic heterocycles. The van der Waals surface area contributed by atoms with Gasteiger partial charge in [-0.25, -0.2) is 0 Å². The van der Waals surface area contributed by atoms with E-state index < -0.39 is 0 Å².